The normalized spacial score (nSPS) is 15.7. The minimum absolute atomic E-state index is 0.166. The fourth-order valence-corrected chi connectivity index (χ4v) is 4.00. The summed E-state index contributed by atoms with van der Waals surface area (Å²) in [6, 6.07) is 9.79. The average molecular weight is 424 g/mol. The highest BCUT2D eigenvalue weighted by atomic mass is 35.5. The van der Waals surface area contributed by atoms with E-state index in [1.165, 1.54) is 24.5 Å². The molecule has 0 spiro atoms. The smallest absolute Gasteiger partial charge is 0.140 e. The van der Waals surface area contributed by atoms with Crippen LogP contribution in [0.4, 0.5) is 10.2 Å². The molecule has 0 amide bonds. The van der Waals surface area contributed by atoms with Gasteiger partial charge in [0.05, 0.1) is 17.1 Å². The zero-order valence-electron chi connectivity index (χ0n) is 16.1. The second-order valence-electron chi connectivity index (χ2n) is 6.99. The van der Waals surface area contributed by atoms with Crippen molar-refractivity contribution in [1.82, 2.24) is 14.9 Å². The molecule has 2 aromatic carbocycles. The Labute approximate surface area is 178 Å². The van der Waals surface area contributed by atoms with E-state index in [0.29, 0.717) is 42.3 Å². The molecule has 0 saturated carbocycles. The molecule has 0 radical (unpaired) electrons. The summed E-state index contributed by atoms with van der Waals surface area (Å²) in [6.45, 7) is 6.28. The van der Waals surface area contributed by atoms with Gasteiger partial charge in [0.2, 0.25) is 0 Å². The zero-order chi connectivity index (χ0) is 21.3. The molecule has 1 aromatic heterocycles. The maximum Gasteiger partial charge on any atom is 0.140 e. The summed E-state index contributed by atoms with van der Waals surface area (Å²) in [6.07, 6.45) is 2.31. The van der Waals surface area contributed by atoms with Crippen LogP contribution in [0.2, 0.25) is 5.02 Å². The number of hydrogen-bond acceptors (Lipinski definition) is 6. The Hall–Kier alpha value is -3.05. The third-order valence-electron chi connectivity index (χ3n) is 5.31. The van der Waals surface area contributed by atoms with E-state index >= 15 is 0 Å². The van der Waals surface area contributed by atoms with Gasteiger partial charge in [-0.15, -0.1) is 0 Å². The molecule has 2 heterocycles. The Morgan fingerprint density at radius 3 is 2.70 bits per heavy atom. The lowest BCUT2D eigenvalue weighted by Crippen LogP contribution is -2.50. The zero-order valence-corrected chi connectivity index (χ0v) is 16.8. The molecule has 30 heavy (non-hydrogen) atoms. The fourth-order valence-electron chi connectivity index (χ4n) is 3.74. The molecule has 6 nitrogen and oxygen atoms in total. The van der Waals surface area contributed by atoms with Gasteiger partial charge in [-0.2, -0.15) is 5.26 Å². The van der Waals surface area contributed by atoms with Crippen LogP contribution in [0.3, 0.4) is 0 Å². The molecule has 152 valence electrons. The molecular weight excluding hydrogens is 405 g/mol. The van der Waals surface area contributed by atoms with Gasteiger partial charge in [-0.1, -0.05) is 24.2 Å². The summed E-state index contributed by atoms with van der Waals surface area (Å²) in [7, 11) is 0. The number of benzene rings is 2. The molecule has 1 unspecified atom stereocenters. The minimum atomic E-state index is -0.665. The lowest BCUT2D eigenvalue weighted by molar-refractivity contribution is 0.0380. The van der Waals surface area contributed by atoms with E-state index in [1.54, 1.807) is 18.2 Å². The van der Waals surface area contributed by atoms with Crippen molar-refractivity contribution in [2.45, 2.75) is 6.23 Å². The Kier molecular flexibility index (Phi) is 5.64. The van der Waals surface area contributed by atoms with Crippen LogP contribution in [0, 0.1) is 17.1 Å². The van der Waals surface area contributed by atoms with E-state index in [9.17, 15) is 14.8 Å². The van der Waals surface area contributed by atoms with Crippen LogP contribution in [0.5, 0.6) is 0 Å². The quantitative estimate of drug-likeness (QED) is 0.646. The number of aromatic nitrogens is 2. The summed E-state index contributed by atoms with van der Waals surface area (Å²) < 4.78 is 14.5. The van der Waals surface area contributed by atoms with E-state index in [2.05, 4.69) is 21.4 Å². The number of aliphatic hydroxyl groups is 1. The number of piperazine rings is 1. The Balaban J connectivity index is 1.74. The first kappa shape index (κ1) is 20.2. The number of rotatable bonds is 4. The van der Waals surface area contributed by atoms with Crippen LogP contribution in [0.1, 0.15) is 5.56 Å². The Morgan fingerprint density at radius 2 is 2.00 bits per heavy atom. The van der Waals surface area contributed by atoms with Crippen LogP contribution in [0.15, 0.2) is 49.3 Å². The number of nitriles is 1. The van der Waals surface area contributed by atoms with Gasteiger partial charge in [0.1, 0.15) is 24.2 Å². The maximum absolute atomic E-state index is 14.5. The molecule has 8 heteroatoms. The van der Waals surface area contributed by atoms with Gasteiger partial charge in [0, 0.05) is 47.7 Å². The maximum atomic E-state index is 14.5. The number of nitrogens with zero attached hydrogens (tertiary/aromatic N) is 5. The largest absolute Gasteiger partial charge is 0.375 e. The van der Waals surface area contributed by atoms with E-state index in [-0.39, 0.29) is 11.1 Å². The van der Waals surface area contributed by atoms with Crippen molar-refractivity contribution < 1.29 is 9.50 Å². The molecule has 3 aromatic rings. The molecule has 1 saturated heterocycles. The SMILES string of the molecule is C=CC(O)N1CCN(c2ncnc3cc(-c4c(F)cccc4C#N)c(Cl)cc23)CC1. The van der Waals surface area contributed by atoms with E-state index in [1.807, 2.05) is 11.0 Å². The highest BCUT2D eigenvalue weighted by Gasteiger charge is 2.23. The van der Waals surface area contributed by atoms with Crippen molar-refractivity contribution in [3.05, 3.63) is 65.7 Å². The second kappa shape index (κ2) is 8.36. The van der Waals surface area contributed by atoms with Gasteiger partial charge in [-0.25, -0.2) is 14.4 Å². The molecule has 1 N–H and O–H groups in total. The Bertz CT molecular complexity index is 1150. The van der Waals surface area contributed by atoms with Crippen molar-refractivity contribution in [3.8, 4) is 17.2 Å². The molecule has 1 aliphatic heterocycles. The van der Waals surface area contributed by atoms with Crippen molar-refractivity contribution >= 4 is 28.3 Å². The molecular formula is C22H19ClFN5O. The Morgan fingerprint density at radius 1 is 1.23 bits per heavy atom. The van der Waals surface area contributed by atoms with Gasteiger partial charge >= 0.3 is 0 Å². The van der Waals surface area contributed by atoms with Gasteiger partial charge in [-0.3, -0.25) is 4.90 Å². The first-order valence-corrected chi connectivity index (χ1v) is 9.84. The molecule has 4 rings (SSSR count). The topological polar surface area (TPSA) is 76.3 Å². The fraction of sp³-hybridized carbons (Fsp3) is 0.227. The van der Waals surface area contributed by atoms with E-state index in [0.717, 1.165) is 11.2 Å². The number of aliphatic hydroxyl groups excluding tert-OH is 1. The third kappa shape index (κ3) is 3.61. The first-order valence-electron chi connectivity index (χ1n) is 9.46. The van der Waals surface area contributed by atoms with Gasteiger partial charge in [-0.05, 0) is 30.3 Å². The van der Waals surface area contributed by atoms with Crippen LogP contribution in [-0.4, -0.2) is 52.4 Å². The van der Waals surface area contributed by atoms with Crippen molar-refractivity contribution in [1.29, 1.82) is 5.26 Å². The minimum Gasteiger partial charge on any atom is -0.375 e. The van der Waals surface area contributed by atoms with Crippen LogP contribution < -0.4 is 4.90 Å². The molecule has 1 aliphatic rings. The highest BCUT2D eigenvalue weighted by molar-refractivity contribution is 6.34. The monoisotopic (exact) mass is 423 g/mol. The summed E-state index contributed by atoms with van der Waals surface area (Å²) in [4.78, 5) is 12.8. The third-order valence-corrected chi connectivity index (χ3v) is 5.62. The summed E-state index contributed by atoms with van der Waals surface area (Å²) in [5, 5.41) is 20.4. The summed E-state index contributed by atoms with van der Waals surface area (Å²) in [5.41, 5.74) is 1.41. The summed E-state index contributed by atoms with van der Waals surface area (Å²) in [5.74, 6) is 0.219. The second-order valence-corrected chi connectivity index (χ2v) is 7.40. The van der Waals surface area contributed by atoms with Crippen LogP contribution in [-0.2, 0) is 0 Å². The van der Waals surface area contributed by atoms with Gasteiger partial charge in [0.15, 0.2) is 0 Å². The lowest BCUT2D eigenvalue weighted by Gasteiger charge is -2.37. The number of halogens is 2. The van der Waals surface area contributed by atoms with Crippen molar-refractivity contribution in [2.24, 2.45) is 0 Å². The molecule has 0 aliphatic carbocycles. The average Bonchev–Trinajstić information content (AvgIpc) is 2.78. The molecule has 0 bridgehead atoms. The molecule has 1 atom stereocenters. The van der Waals surface area contributed by atoms with Gasteiger partial charge < -0.3 is 10.0 Å². The predicted molar refractivity (Wildman–Crippen MR) is 115 cm³/mol. The predicted octanol–water partition coefficient (Wildman–Crippen LogP) is 3.59. The van der Waals surface area contributed by atoms with Crippen LogP contribution >= 0.6 is 11.6 Å². The van der Waals surface area contributed by atoms with Crippen molar-refractivity contribution in [3.63, 3.8) is 0 Å². The number of fused-ring (bicyclic) bond motifs is 1. The standard InChI is InChI=1S/C22H19ClFN5O/c1-2-20(30)28-6-8-29(9-7-28)22-16-10-17(23)15(11-19(16)26-13-27-22)21-14(12-25)4-3-5-18(21)24/h2-5,10-11,13,20,30H,1,6-9H2. The number of hydrogen-bond donors (Lipinski definition) is 1. The van der Waals surface area contributed by atoms with Gasteiger partial charge in [0.25, 0.3) is 0 Å². The summed E-state index contributed by atoms with van der Waals surface area (Å²) >= 11 is 6.53. The highest BCUT2D eigenvalue weighted by Crippen LogP contribution is 2.37. The number of anilines is 1. The lowest BCUT2D eigenvalue weighted by atomic mass is 9.98. The van der Waals surface area contributed by atoms with Crippen LogP contribution in [0.25, 0.3) is 22.0 Å². The van der Waals surface area contributed by atoms with E-state index in [4.69, 9.17) is 11.6 Å². The first-order chi connectivity index (χ1) is 14.5. The van der Waals surface area contributed by atoms with E-state index < -0.39 is 12.0 Å². The van der Waals surface area contributed by atoms with Crippen molar-refractivity contribution in [2.75, 3.05) is 31.1 Å². The molecule has 1 fully saturated rings.